The normalized spacial score (nSPS) is 16.2. The van der Waals surface area contributed by atoms with Crippen molar-refractivity contribution >= 4 is 28.6 Å². The summed E-state index contributed by atoms with van der Waals surface area (Å²) in [5, 5.41) is 3.01. The molecule has 0 saturated carbocycles. The molecule has 1 saturated heterocycles. The van der Waals surface area contributed by atoms with Crippen LogP contribution in [0.5, 0.6) is 11.5 Å². The quantitative estimate of drug-likeness (QED) is 0.666. The monoisotopic (exact) mass is 435 g/mol. The minimum Gasteiger partial charge on any atom is -0.486 e. The molecule has 3 aromatic rings. The van der Waals surface area contributed by atoms with Crippen LogP contribution in [0.25, 0.3) is 10.4 Å². The molecule has 0 spiro atoms. The molecule has 3 heterocycles. The third kappa shape index (κ3) is 4.38. The molecule has 1 amide bonds. The third-order valence-corrected chi connectivity index (χ3v) is 6.78. The summed E-state index contributed by atoms with van der Waals surface area (Å²) in [5.74, 6) is 1.43. The molecule has 160 valence electrons. The first-order chi connectivity index (χ1) is 15.2. The molecule has 2 aliphatic heterocycles. The summed E-state index contributed by atoms with van der Waals surface area (Å²) in [7, 11) is 2.15. The van der Waals surface area contributed by atoms with E-state index in [1.54, 1.807) is 0 Å². The second kappa shape index (κ2) is 8.61. The number of anilines is 2. The number of nitrogens with one attached hydrogen (secondary N) is 1. The Morgan fingerprint density at radius 1 is 0.903 bits per heavy atom. The molecule has 2 aliphatic rings. The molecular weight excluding hydrogens is 410 g/mol. The van der Waals surface area contributed by atoms with Gasteiger partial charge in [-0.15, -0.1) is 11.3 Å². The molecule has 6 nitrogen and oxygen atoms in total. The Balaban J connectivity index is 1.25. The Bertz CT molecular complexity index is 1070. The zero-order valence-corrected chi connectivity index (χ0v) is 18.3. The van der Waals surface area contributed by atoms with Crippen molar-refractivity contribution in [1.29, 1.82) is 0 Å². The highest BCUT2D eigenvalue weighted by Crippen LogP contribution is 2.37. The van der Waals surface area contributed by atoms with Crippen LogP contribution in [0, 0.1) is 0 Å². The average molecular weight is 436 g/mol. The van der Waals surface area contributed by atoms with Crippen molar-refractivity contribution < 1.29 is 14.3 Å². The van der Waals surface area contributed by atoms with Gasteiger partial charge >= 0.3 is 0 Å². The average Bonchev–Trinajstić information content (AvgIpc) is 3.30. The number of hydrogen-bond acceptors (Lipinski definition) is 6. The number of rotatable bonds is 4. The van der Waals surface area contributed by atoms with E-state index in [0.717, 1.165) is 53.8 Å². The lowest BCUT2D eigenvalue weighted by atomic mass is 10.1. The fraction of sp³-hybridized carbons (Fsp3) is 0.292. The Hall–Kier alpha value is -3.03. The first-order valence-corrected chi connectivity index (χ1v) is 11.3. The summed E-state index contributed by atoms with van der Waals surface area (Å²) in [6.07, 6.45) is 0. The van der Waals surface area contributed by atoms with Gasteiger partial charge in [-0.2, -0.15) is 0 Å². The maximum absolute atomic E-state index is 12.8. The topological polar surface area (TPSA) is 54.0 Å². The van der Waals surface area contributed by atoms with E-state index in [9.17, 15) is 4.79 Å². The van der Waals surface area contributed by atoms with Gasteiger partial charge in [0, 0.05) is 42.4 Å². The van der Waals surface area contributed by atoms with Crippen LogP contribution in [0.15, 0.2) is 54.6 Å². The largest absolute Gasteiger partial charge is 0.486 e. The molecule has 0 unspecified atom stereocenters. The molecule has 1 aromatic heterocycles. The van der Waals surface area contributed by atoms with E-state index in [-0.39, 0.29) is 5.91 Å². The minimum absolute atomic E-state index is 0.0962. The summed E-state index contributed by atoms with van der Waals surface area (Å²) in [6.45, 7) is 5.33. The van der Waals surface area contributed by atoms with Crippen LogP contribution in [0.3, 0.4) is 0 Å². The zero-order chi connectivity index (χ0) is 21.2. The van der Waals surface area contributed by atoms with Gasteiger partial charge in [0.2, 0.25) is 0 Å². The molecular formula is C24H25N3O3S. The molecule has 7 heteroatoms. The van der Waals surface area contributed by atoms with Crippen molar-refractivity contribution in [2.24, 2.45) is 0 Å². The molecule has 5 rings (SSSR count). The van der Waals surface area contributed by atoms with Crippen molar-refractivity contribution in [3.63, 3.8) is 0 Å². The van der Waals surface area contributed by atoms with Gasteiger partial charge in [0.15, 0.2) is 11.5 Å². The zero-order valence-electron chi connectivity index (χ0n) is 17.5. The van der Waals surface area contributed by atoms with Crippen LogP contribution in [-0.2, 0) is 0 Å². The van der Waals surface area contributed by atoms with Gasteiger partial charge < -0.3 is 24.6 Å². The number of hydrogen-bond donors (Lipinski definition) is 1. The highest BCUT2D eigenvalue weighted by Gasteiger charge is 2.16. The summed E-state index contributed by atoms with van der Waals surface area (Å²) in [5.41, 5.74) is 3.02. The number of nitrogens with zero attached hydrogens (tertiary/aromatic N) is 2. The van der Waals surface area contributed by atoms with Crippen LogP contribution in [0.1, 0.15) is 9.67 Å². The van der Waals surface area contributed by atoms with Gasteiger partial charge in [-0.1, -0.05) is 0 Å². The number of piperazine rings is 1. The molecule has 0 aliphatic carbocycles. The van der Waals surface area contributed by atoms with Gasteiger partial charge in [0.25, 0.3) is 5.91 Å². The number of benzene rings is 2. The van der Waals surface area contributed by atoms with Crippen LogP contribution in [-0.4, -0.2) is 57.2 Å². The number of carbonyl (C=O) groups is 1. The predicted molar refractivity (Wildman–Crippen MR) is 125 cm³/mol. The summed E-state index contributed by atoms with van der Waals surface area (Å²) in [6, 6.07) is 17.8. The number of ether oxygens (including phenoxy) is 2. The number of likely N-dealkylation sites (N-methyl/N-ethyl adjacent to an activating group) is 1. The fourth-order valence-corrected chi connectivity index (χ4v) is 4.72. The smallest absolute Gasteiger partial charge is 0.265 e. The van der Waals surface area contributed by atoms with Crippen molar-refractivity contribution in [1.82, 2.24) is 4.90 Å². The maximum Gasteiger partial charge on any atom is 0.265 e. The molecule has 0 radical (unpaired) electrons. The van der Waals surface area contributed by atoms with Crippen LogP contribution in [0.2, 0.25) is 0 Å². The predicted octanol–water partition coefficient (Wildman–Crippen LogP) is 4.19. The van der Waals surface area contributed by atoms with Crippen LogP contribution in [0.4, 0.5) is 11.4 Å². The number of carbonyl (C=O) groups excluding carboxylic acids is 1. The Labute approximate surface area is 186 Å². The highest BCUT2D eigenvalue weighted by molar-refractivity contribution is 7.17. The van der Waals surface area contributed by atoms with Crippen molar-refractivity contribution in [3.05, 3.63) is 59.5 Å². The molecule has 0 bridgehead atoms. The van der Waals surface area contributed by atoms with E-state index in [1.807, 2.05) is 42.5 Å². The Morgan fingerprint density at radius 2 is 1.65 bits per heavy atom. The lowest BCUT2D eigenvalue weighted by Crippen LogP contribution is -2.44. The fourth-order valence-electron chi connectivity index (χ4n) is 3.82. The van der Waals surface area contributed by atoms with Gasteiger partial charge in [-0.3, -0.25) is 4.79 Å². The van der Waals surface area contributed by atoms with E-state index in [1.165, 1.54) is 17.0 Å². The minimum atomic E-state index is -0.0962. The van der Waals surface area contributed by atoms with Crippen molar-refractivity contribution in [2.45, 2.75) is 0 Å². The van der Waals surface area contributed by atoms with Gasteiger partial charge in [-0.05, 0) is 67.2 Å². The van der Waals surface area contributed by atoms with Crippen LogP contribution >= 0.6 is 11.3 Å². The van der Waals surface area contributed by atoms with Crippen LogP contribution < -0.4 is 19.7 Å². The second-order valence-electron chi connectivity index (χ2n) is 7.81. The standard InChI is InChI=1S/C24H25N3O3S/c1-26-10-12-27(13-11-26)19-5-3-18(4-6-19)25-24(28)23-9-8-22(31-23)17-2-7-20-21(16-17)30-15-14-29-20/h2-9,16H,10-15H2,1H3,(H,25,28). The molecule has 1 N–H and O–H groups in total. The van der Waals surface area contributed by atoms with Gasteiger partial charge in [0.1, 0.15) is 13.2 Å². The summed E-state index contributed by atoms with van der Waals surface area (Å²) >= 11 is 1.47. The second-order valence-corrected chi connectivity index (χ2v) is 8.90. The molecule has 31 heavy (non-hydrogen) atoms. The van der Waals surface area contributed by atoms with Gasteiger partial charge in [-0.25, -0.2) is 0 Å². The first kappa shape index (κ1) is 19.9. The van der Waals surface area contributed by atoms with E-state index in [2.05, 4.69) is 34.3 Å². The van der Waals surface area contributed by atoms with E-state index < -0.39 is 0 Å². The van der Waals surface area contributed by atoms with E-state index in [0.29, 0.717) is 18.1 Å². The van der Waals surface area contributed by atoms with Crippen molar-refractivity contribution in [3.8, 4) is 21.9 Å². The summed E-state index contributed by atoms with van der Waals surface area (Å²) in [4.78, 5) is 19.2. The third-order valence-electron chi connectivity index (χ3n) is 5.65. The Kier molecular flexibility index (Phi) is 5.53. The number of thiophene rings is 1. The SMILES string of the molecule is CN1CCN(c2ccc(NC(=O)c3ccc(-c4ccc5c(c4)OCCO5)s3)cc2)CC1. The van der Waals surface area contributed by atoms with E-state index >= 15 is 0 Å². The maximum atomic E-state index is 12.8. The van der Waals surface area contributed by atoms with Gasteiger partial charge in [0.05, 0.1) is 4.88 Å². The first-order valence-electron chi connectivity index (χ1n) is 10.5. The van der Waals surface area contributed by atoms with E-state index in [4.69, 9.17) is 9.47 Å². The number of amides is 1. The Morgan fingerprint density at radius 3 is 2.42 bits per heavy atom. The molecule has 0 atom stereocenters. The summed E-state index contributed by atoms with van der Waals surface area (Å²) < 4.78 is 11.3. The van der Waals surface area contributed by atoms with Crippen molar-refractivity contribution in [2.75, 3.05) is 56.7 Å². The lowest BCUT2D eigenvalue weighted by molar-refractivity contribution is 0.103. The molecule has 1 fully saturated rings. The number of fused-ring (bicyclic) bond motifs is 1. The highest BCUT2D eigenvalue weighted by atomic mass is 32.1. The lowest BCUT2D eigenvalue weighted by Gasteiger charge is -2.34. The molecule has 2 aromatic carbocycles.